The second kappa shape index (κ2) is 6.35. The van der Waals surface area contributed by atoms with Crippen LogP contribution < -0.4 is 10.7 Å². The molecule has 1 aromatic heterocycles. The zero-order valence-corrected chi connectivity index (χ0v) is 12.2. The van der Waals surface area contributed by atoms with Gasteiger partial charge in [-0.05, 0) is 49.2 Å². The van der Waals surface area contributed by atoms with Crippen LogP contribution in [0.3, 0.4) is 0 Å². The third-order valence-corrected chi connectivity index (χ3v) is 3.09. The predicted octanol–water partition coefficient (Wildman–Crippen LogP) is 2.48. The summed E-state index contributed by atoms with van der Waals surface area (Å²) in [6.45, 7) is 4.09. The zero-order valence-electron chi connectivity index (χ0n) is 10.5. The molecule has 0 radical (unpaired) electrons. The summed E-state index contributed by atoms with van der Waals surface area (Å²) >= 11 is 6.43. The number of benzene rings is 1. The molecule has 1 aromatic carbocycles. The first-order valence-corrected chi connectivity index (χ1v) is 6.84. The van der Waals surface area contributed by atoms with Crippen LogP contribution in [0.1, 0.15) is 16.8 Å². The van der Waals surface area contributed by atoms with Crippen molar-refractivity contribution in [2.45, 2.75) is 13.8 Å². The predicted molar refractivity (Wildman–Crippen MR) is 82.8 cm³/mol. The lowest BCUT2D eigenvalue weighted by molar-refractivity contribution is 1.04. The molecule has 0 fully saturated rings. The van der Waals surface area contributed by atoms with Crippen LogP contribution in [-0.4, -0.2) is 20.9 Å². The minimum absolute atomic E-state index is 0.436. The van der Waals surface area contributed by atoms with Gasteiger partial charge in [-0.1, -0.05) is 22.2 Å². The Labute approximate surface area is 120 Å². The van der Waals surface area contributed by atoms with Crippen LogP contribution in [0.4, 0.5) is 5.69 Å². The summed E-state index contributed by atoms with van der Waals surface area (Å²) in [6, 6.07) is 6.12. The smallest absolute Gasteiger partial charge is 0.191 e. The van der Waals surface area contributed by atoms with Gasteiger partial charge in [0.1, 0.15) is 5.69 Å². The minimum atomic E-state index is 0.436. The van der Waals surface area contributed by atoms with Gasteiger partial charge in [0, 0.05) is 11.1 Å². The molecule has 2 rings (SSSR count). The molecule has 0 bridgehead atoms. The number of anilines is 1. The summed E-state index contributed by atoms with van der Waals surface area (Å²) in [5.41, 5.74) is 6.76. The van der Waals surface area contributed by atoms with Gasteiger partial charge in [-0.15, -0.1) is 5.10 Å². The Hall–Kier alpha value is -1.86. The van der Waals surface area contributed by atoms with E-state index in [1.165, 1.54) is 17.1 Å². The van der Waals surface area contributed by atoms with Gasteiger partial charge < -0.3 is 5.32 Å². The molecule has 1 heterocycles. The van der Waals surface area contributed by atoms with Crippen LogP contribution in [0, 0.1) is 13.8 Å². The van der Waals surface area contributed by atoms with Crippen LogP contribution in [-0.2, 0) is 0 Å². The van der Waals surface area contributed by atoms with Crippen LogP contribution in [0.15, 0.2) is 28.7 Å². The van der Waals surface area contributed by atoms with Crippen LogP contribution in [0.25, 0.3) is 0 Å². The number of hydrogen-bond donors (Lipinski definition) is 2. The minimum Gasteiger partial charge on any atom is -0.331 e. The quantitative estimate of drug-likeness (QED) is 0.517. The Bertz CT molecular complexity index is 592. The Morgan fingerprint density at radius 3 is 2.95 bits per heavy atom. The van der Waals surface area contributed by atoms with Crippen molar-refractivity contribution >= 4 is 40.8 Å². The molecule has 98 valence electrons. The molecule has 7 heteroatoms. The first kappa shape index (κ1) is 13.6. The van der Waals surface area contributed by atoms with Crippen molar-refractivity contribution in [2.75, 3.05) is 5.32 Å². The molecule has 0 saturated heterocycles. The van der Waals surface area contributed by atoms with Crippen LogP contribution >= 0.6 is 23.8 Å². The fourth-order valence-electron chi connectivity index (χ4n) is 1.49. The van der Waals surface area contributed by atoms with Crippen molar-refractivity contribution < 1.29 is 0 Å². The van der Waals surface area contributed by atoms with E-state index in [1.54, 1.807) is 11.6 Å². The standard InChI is InChI=1S/C12H13N5S2/c1-8-3-4-11(9(2)5-8)14-12(18)16-13-6-10-7-19-17-15-10/h3-7H,1-2H3,(H2,14,16,18)/b13-6+. The molecule has 0 unspecified atom stereocenters. The number of aromatic nitrogens is 2. The average molecular weight is 291 g/mol. The van der Waals surface area contributed by atoms with Crippen molar-refractivity contribution in [1.29, 1.82) is 0 Å². The molecule has 0 saturated carbocycles. The highest BCUT2D eigenvalue weighted by molar-refractivity contribution is 7.80. The van der Waals surface area contributed by atoms with Crippen molar-refractivity contribution in [2.24, 2.45) is 5.10 Å². The van der Waals surface area contributed by atoms with E-state index in [2.05, 4.69) is 38.4 Å². The Morgan fingerprint density at radius 1 is 1.42 bits per heavy atom. The zero-order chi connectivity index (χ0) is 13.7. The maximum atomic E-state index is 5.15. The second-order valence-corrected chi connectivity index (χ2v) is 4.99. The van der Waals surface area contributed by atoms with E-state index in [1.807, 2.05) is 19.1 Å². The van der Waals surface area contributed by atoms with Crippen LogP contribution in [0.5, 0.6) is 0 Å². The van der Waals surface area contributed by atoms with Crippen molar-refractivity contribution in [1.82, 2.24) is 15.0 Å². The molecule has 5 nitrogen and oxygen atoms in total. The monoisotopic (exact) mass is 291 g/mol. The van der Waals surface area contributed by atoms with Crippen molar-refractivity contribution in [3.05, 3.63) is 40.4 Å². The number of thiocarbonyl (C=S) groups is 1. The summed E-state index contributed by atoms with van der Waals surface area (Å²) in [5.74, 6) is 0. The fraction of sp³-hybridized carbons (Fsp3) is 0.167. The number of nitrogens with zero attached hydrogens (tertiary/aromatic N) is 3. The molecule has 0 atom stereocenters. The molecule has 2 aromatic rings. The van der Waals surface area contributed by atoms with Gasteiger partial charge in [-0.3, -0.25) is 5.43 Å². The first-order chi connectivity index (χ1) is 9.15. The van der Waals surface area contributed by atoms with E-state index in [4.69, 9.17) is 12.2 Å². The van der Waals surface area contributed by atoms with Crippen molar-refractivity contribution in [3.63, 3.8) is 0 Å². The lowest BCUT2D eigenvalue weighted by atomic mass is 10.1. The number of rotatable bonds is 3. The lowest BCUT2D eigenvalue weighted by Gasteiger charge is -2.10. The van der Waals surface area contributed by atoms with E-state index in [0.29, 0.717) is 10.8 Å². The van der Waals surface area contributed by atoms with Crippen LogP contribution in [0.2, 0.25) is 0 Å². The number of hydrogen-bond acceptors (Lipinski definition) is 5. The number of nitrogens with one attached hydrogen (secondary N) is 2. The molecule has 2 N–H and O–H groups in total. The number of aryl methyl sites for hydroxylation is 2. The van der Waals surface area contributed by atoms with Gasteiger partial charge in [0.05, 0.1) is 6.21 Å². The first-order valence-electron chi connectivity index (χ1n) is 5.59. The van der Waals surface area contributed by atoms with Crippen molar-refractivity contribution in [3.8, 4) is 0 Å². The highest BCUT2D eigenvalue weighted by Gasteiger charge is 2.00. The summed E-state index contributed by atoms with van der Waals surface area (Å²) in [6.07, 6.45) is 1.57. The van der Waals surface area contributed by atoms with Gasteiger partial charge in [-0.2, -0.15) is 5.10 Å². The topological polar surface area (TPSA) is 62.2 Å². The van der Waals surface area contributed by atoms with Gasteiger partial charge in [0.15, 0.2) is 5.11 Å². The highest BCUT2D eigenvalue weighted by Crippen LogP contribution is 2.15. The maximum absolute atomic E-state index is 5.15. The molecule has 0 spiro atoms. The Morgan fingerprint density at radius 2 is 2.26 bits per heavy atom. The van der Waals surface area contributed by atoms with E-state index in [-0.39, 0.29) is 0 Å². The third-order valence-electron chi connectivity index (χ3n) is 2.37. The Balaban J connectivity index is 1.91. The SMILES string of the molecule is Cc1ccc(NC(=S)N/N=C/c2csnn2)c(C)c1. The normalized spacial score (nSPS) is 10.6. The molecular formula is C12H13N5S2. The van der Waals surface area contributed by atoms with Gasteiger partial charge in [0.25, 0.3) is 0 Å². The van der Waals surface area contributed by atoms with Gasteiger partial charge in [-0.25, -0.2) is 0 Å². The second-order valence-electron chi connectivity index (χ2n) is 3.97. The van der Waals surface area contributed by atoms with E-state index < -0.39 is 0 Å². The molecule has 0 aliphatic rings. The number of hydrazone groups is 1. The lowest BCUT2D eigenvalue weighted by Crippen LogP contribution is -2.24. The fourth-order valence-corrected chi connectivity index (χ4v) is 2.06. The van der Waals surface area contributed by atoms with E-state index in [0.717, 1.165) is 11.3 Å². The molecule has 0 aliphatic carbocycles. The molecule has 0 aliphatic heterocycles. The van der Waals surface area contributed by atoms with Gasteiger partial charge in [0.2, 0.25) is 0 Å². The average Bonchev–Trinajstić information content (AvgIpc) is 2.86. The summed E-state index contributed by atoms with van der Waals surface area (Å²) in [5, 5.41) is 13.1. The molecular weight excluding hydrogens is 278 g/mol. The van der Waals surface area contributed by atoms with E-state index in [9.17, 15) is 0 Å². The molecule has 19 heavy (non-hydrogen) atoms. The maximum Gasteiger partial charge on any atom is 0.191 e. The summed E-state index contributed by atoms with van der Waals surface area (Å²) in [7, 11) is 0. The highest BCUT2D eigenvalue weighted by atomic mass is 32.1. The summed E-state index contributed by atoms with van der Waals surface area (Å²) in [4.78, 5) is 0. The summed E-state index contributed by atoms with van der Waals surface area (Å²) < 4.78 is 3.73. The third kappa shape index (κ3) is 4.08. The van der Waals surface area contributed by atoms with Gasteiger partial charge >= 0.3 is 0 Å². The molecule has 0 amide bonds. The Kier molecular flexibility index (Phi) is 4.53. The largest absolute Gasteiger partial charge is 0.331 e. The van der Waals surface area contributed by atoms with E-state index >= 15 is 0 Å².